The lowest BCUT2D eigenvalue weighted by Gasteiger charge is -2.29. The first-order valence-corrected chi connectivity index (χ1v) is 7.03. The monoisotopic (exact) mass is 283 g/mol. The normalized spacial score (nSPS) is 18.8. The van der Waals surface area contributed by atoms with Crippen molar-refractivity contribution in [3.05, 3.63) is 22.6 Å². The first-order valence-electron chi connectivity index (χ1n) is 6.04. The predicted molar refractivity (Wildman–Crippen MR) is 72.0 cm³/mol. The number of carbonyl (C=O) groups excluding carboxylic acids is 1. The molecule has 1 unspecified atom stereocenters. The minimum atomic E-state index is -0.651. The van der Waals surface area contributed by atoms with E-state index < -0.39 is 5.54 Å². The molecule has 1 amide bonds. The van der Waals surface area contributed by atoms with Crippen LogP contribution in [0.15, 0.2) is 22.2 Å². The summed E-state index contributed by atoms with van der Waals surface area (Å²) in [5.74, 6) is 0.155. The van der Waals surface area contributed by atoms with Gasteiger partial charge < -0.3 is 10.4 Å². The Labute approximate surface area is 115 Å². The van der Waals surface area contributed by atoms with Crippen LogP contribution in [0.5, 0.6) is 0 Å². The molecule has 2 heterocycles. The van der Waals surface area contributed by atoms with E-state index >= 15 is 0 Å². The lowest BCUT2D eigenvalue weighted by molar-refractivity contribution is -0.127. The Morgan fingerprint density at radius 2 is 2.42 bits per heavy atom. The largest absolute Gasteiger partial charge is 0.394 e. The van der Waals surface area contributed by atoms with Crippen LogP contribution in [0.3, 0.4) is 0 Å². The van der Waals surface area contributed by atoms with E-state index in [-0.39, 0.29) is 24.0 Å². The zero-order chi connectivity index (χ0) is 14.0. The molecule has 6 nitrogen and oxygen atoms in total. The number of fused-ring (bicyclic) bond motifs is 1. The number of nitrogens with one attached hydrogen (secondary N) is 1. The van der Waals surface area contributed by atoms with Gasteiger partial charge in [-0.25, -0.2) is 4.98 Å². The third kappa shape index (κ3) is 3.16. The van der Waals surface area contributed by atoms with E-state index in [0.29, 0.717) is 17.5 Å². The molecule has 0 saturated carbocycles. The number of nitrogens with zero attached hydrogens (tertiary/aromatic N) is 2. The first-order chi connectivity index (χ1) is 8.93. The molecule has 0 radical (unpaired) electrons. The third-order valence-electron chi connectivity index (χ3n) is 2.94. The van der Waals surface area contributed by atoms with Crippen LogP contribution in [0.4, 0.5) is 0 Å². The van der Waals surface area contributed by atoms with Gasteiger partial charge in [-0.3, -0.25) is 14.2 Å². The van der Waals surface area contributed by atoms with Crippen LogP contribution in [0.2, 0.25) is 0 Å². The van der Waals surface area contributed by atoms with E-state index in [9.17, 15) is 9.59 Å². The predicted octanol–water partition coefficient (Wildman–Crippen LogP) is -0.148. The fourth-order valence-electron chi connectivity index (χ4n) is 1.78. The maximum Gasteiger partial charge on any atom is 0.254 e. The molecular weight excluding hydrogens is 266 g/mol. The highest BCUT2D eigenvalue weighted by atomic mass is 32.2. The van der Waals surface area contributed by atoms with Crippen LogP contribution in [0, 0.1) is 5.92 Å². The number of thioether (sulfide) groups is 1. The van der Waals surface area contributed by atoms with Crippen molar-refractivity contribution in [1.82, 2.24) is 14.9 Å². The van der Waals surface area contributed by atoms with Crippen LogP contribution in [-0.4, -0.2) is 38.5 Å². The summed E-state index contributed by atoms with van der Waals surface area (Å²) in [5, 5.41) is 12.6. The molecule has 0 saturated heterocycles. The highest BCUT2D eigenvalue weighted by molar-refractivity contribution is 7.99. The number of aromatic nitrogens is 2. The molecule has 1 aromatic heterocycles. The van der Waals surface area contributed by atoms with Crippen LogP contribution in [-0.2, 0) is 11.3 Å². The van der Waals surface area contributed by atoms with Gasteiger partial charge in [0.05, 0.1) is 18.1 Å². The summed E-state index contributed by atoms with van der Waals surface area (Å²) in [5.41, 5.74) is -0.793. The zero-order valence-corrected chi connectivity index (χ0v) is 11.7. The minimum Gasteiger partial charge on any atom is -0.394 e. The van der Waals surface area contributed by atoms with Crippen LogP contribution in [0.25, 0.3) is 0 Å². The Kier molecular flexibility index (Phi) is 3.96. The summed E-state index contributed by atoms with van der Waals surface area (Å²) in [6.45, 7) is 3.71. The summed E-state index contributed by atoms with van der Waals surface area (Å²) in [6.07, 6.45) is 1.48. The lowest BCUT2D eigenvalue weighted by atomic mass is 10.0. The van der Waals surface area contributed by atoms with Crippen molar-refractivity contribution in [3.63, 3.8) is 0 Å². The van der Waals surface area contributed by atoms with Gasteiger partial charge in [-0.15, -0.1) is 0 Å². The van der Waals surface area contributed by atoms with Gasteiger partial charge in [-0.1, -0.05) is 11.8 Å². The van der Waals surface area contributed by atoms with E-state index in [2.05, 4.69) is 10.3 Å². The summed E-state index contributed by atoms with van der Waals surface area (Å²) in [7, 11) is 0. The van der Waals surface area contributed by atoms with Crippen LogP contribution in [0.1, 0.15) is 13.8 Å². The minimum absolute atomic E-state index is 0.128. The molecule has 0 bridgehead atoms. The van der Waals surface area contributed by atoms with Crippen molar-refractivity contribution in [2.24, 2.45) is 5.92 Å². The Bertz CT molecular complexity index is 541. The SMILES string of the molecule is CC(C)(CO)NC(=O)C1CSc2nccc(=O)n2C1. The van der Waals surface area contributed by atoms with E-state index in [1.54, 1.807) is 13.8 Å². The van der Waals surface area contributed by atoms with E-state index in [4.69, 9.17) is 5.11 Å². The second-order valence-corrected chi connectivity index (χ2v) is 6.20. The molecule has 1 aliphatic heterocycles. The Morgan fingerprint density at radius 1 is 1.68 bits per heavy atom. The summed E-state index contributed by atoms with van der Waals surface area (Å²) in [6, 6.07) is 1.39. The van der Waals surface area contributed by atoms with E-state index in [1.807, 2.05) is 0 Å². The van der Waals surface area contributed by atoms with Gasteiger partial charge in [0.15, 0.2) is 5.16 Å². The van der Waals surface area contributed by atoms with Gasteiger partial charge >= 0.3 is 0 Å². The van der Waals surface area contributed by atoms with Gasteiger partial charge in [0, 0.05) is 24.6 Å². The average molecular weight is 283 g/mol. The van der Waals surface area contributed by atoms with Crippen molar-refractivity contribution in [2.45, 2.75) is 31.1 Å². The molecule has 0 aliphatic carbocycles. The third-order valence-corrected chi connectivity index (χ3v) is 4.10. The highest BCUT2D eigenvalue weighted by Gasteiger charge is 2.29. The second-order valence-electron chi connectivity index (χ2n) is 5.22. The van der Waals surface area contributed by atoms with Gasteiger partial charge in [0.1, 0.15) is 0 Å². The number of aliphatic hydroxyl groups excluding tert-OH is 1. The van der Waals surface area contributed by atoms with Crippen molar-refractivity contribution < 1.29 is 9.90 Å². The molecular formula is C12H17N3O3S. The quantitative estimate of drug-likeness (QED) is 0.754. The van der Waals surface area contributed by atoms with Gasteiger partial charge in [0.25, 0.3) is 5.56 Å². The topological polar surface area (TPSA) is 84.2 Å². The molecule has 0 spiro atoms. The van der Waals surface area contributed by atoms with E-state index in [0.717, 1.165) is 0 Å². The van der Waals surface area contributed by atoms with Crippen molar-refractivity contribution in [1.29, 1.82) is 0 Å². The molecule has 0 aromatic carbocycles. The molecule has 2 rings (SSSR count). The molecule has 104 valence electrons. The number of hydrogen-bond donors (Lipinski definition) is 2. The second kappa shape index (κ2) is 5.34. The van der Waals surface area contributed by atoms with Crippen molar-refractivity contribution in [3.8, 4) is 0 Å². The van der Waals surface area contributed by atoms with Gasteiger partial charge in [-0.05, 0) is 13.8 Å². The molecule has 7 heteroatoms. The number of rotatable bonds is 3. The number of carbonyl (C=O) groups is 1. The van der Waals surface area contributed by atoms with Crippen molar-refractivity contribution in [2.75, 3.05) is 12.4 Å². The molecule has 1 aromatic rings. The summed E-state index contributed by atoms with van der Waals surface area (Å²) < 4.78 is 1.52. The molecule has 2 N–H and O–H groups in total. The maximum atomic E-state index is 12.1. The van der Waals surface area contributed by atoms with Crippen molar-refractivity contribution >= 4 is 17.7 Å². The fraction of sp³-hybridized carbons (Fsp3) is 0.583. The van der Waals surface area contributed by atoms with Gasteiger partial charge in [0.2, 0.25) is 5.91 Å². The molecule has 19 heavy (non-hydrogen) atoms. The number of amides is 1. The highest BCUT2D eigenvalue weighted by Crippen LogP contribution is 2.24. The maximum absolute atomic E-state index is 12.1. The zero-order valence-electron chi connectivity index (χ0n) is 10.9. The molecule has 1 atom stereocenters. The van der Waals surface area contributed by atoms with Crippen LogP contribution >= 0.6 is 11.8 Å². The molecule has 1 aliphatic rings. The lowest BCUT2D eigenvalue weighted by Crippen LogP contribution is -2.50. The Hall–Kier alpha value is -1.34. The molecule has 0 fully saturated rings. The smallest absolute Gasteiger partial charge is 0.254 e. The average Bonchev–Trinajstić information content (AvgIpc) is 2.38. The first kappa shape index (κ1) is 14.1. The van der Waals surface area contributed by atoms with Crippen LogP contribution < -0.4 is 10.9 Å². The standard InChI is InChI=1S/C12H17N3O3S/c1-12(2,7-16)14-10(18)8-5-15-9(17)3-4-13-11(15)19-6-8/h3-4,8,16H,5-7H2,1-2H3,(H,14,18). The van der Waals surface area contributed by atoms with E-state index in [1.165, 1.54) is 28.6 Å². The Balaban J connectivity index is 2.12. The fourth-order valence-corrected chi connectivity index (χ4v) is 2.85. The summed E-state index contributed by atoms with van der Waals surface area (Å²) >= 11 is 1.40. The Morgan fingerprint density at radius 3 is 3.11 bits per heavy atom. The van der Waals surface area contributed by atoms with Gasteiger partial charge in [-0.2, -0.15) is 0 Å². The number of aliphatic hydroxyl groups is 1. The number of hydrogen-bond acceptors (Lipinski definition) is 5. The summed E-state index contributed by atoms with van der Waals surface area (Å²) in [4.78, 5) is 28.0.